The summed E-state index contributed by atoms with van der Waals surface area (Å²) in [6.45, 7) is 8.40. The molecule has 0 radical (unpaired) electrons. The maximum Gasteiger partial charge on any atom is 0.227 e. The van der Waals surface area contributed by atoms with Crippen LogP contribution in [-0.2, 0) is 16.6 Å². The van der Waals surface area contributed by atoms with E-state index in [0.717, 1.165) is 54.0 Å². The molecule has 1 aliphatic carbocycles. The summed E-state index contributed by atoms with van der Waals surface area (Å²) in [5.74, 6) is 0.156. The number of ketones is 1. The largest absolute Gasteiger partial charge is 0.357 e. The van der Waals surface area contributed by atoms with Crippen LogP contribution in [0.2, 0.25) is 0 Å². The predicted molar refractivity (Wildman–Crippen MR) is 127 cm³/mol. The summed E-state index contributed by atoms with van der Waals surface area (Å²) in [4.78, 5) is 29.2. The van der Waals surface area contributed by atoms with E-state index in [1.165, 1.54) is 0 Å². The third-order valence-corrected chi connectivity index (χ3v) is 6.73. The highest BCUT2D eigenvalue weighted by atomic mass is 16.2. The normalized spacial score (nSPS) is 19.8. The molecule has 1 atom stereocenters. The lowest BCUT2D eigenvalue weighted by Crippen LogP contribution is -2.39. The smallest absolute Gasteiger partial charge is 0.227 e. The van der Waals surface area contributed by atoms with Gasteiger partial charge in [-0.2, -0.15) is 5.10 Å². The highest BCUT2D eigenvalue weighted by molar-refractivity contribution is 6.06. The summed E-state index contributed by atoms with van der Waals surface area (Å²) in [7, 11) is 1.90. The minimum absolute atomic E-state index is 0.0485. The van der Waals surface area contributed by atoms with Crippen LogP contribution >= 0.6 is 0 Å². The van der Waals surface area contributed by atoms with Gasteiger partial charge in [0.25, 0.3) is 0 Å². The Balaban J connectivity index is 1.94. The van der Waals surface area contributed by atoms with Crippen molar-refractivity contribution in [2.24, 2.45) is 12.5 Å². The molecule has 0 fully saturated rings. The molecule has 1 aromatic carbocycles. The van der Waals surface area contributed by atoms with Crippen LogP contribution in [0.4, 0.5) is 11.4 Å². The number of para-hydroxylation sites is 2. The van der Waals surface area contributed by atoms with Crippen LogP contribution in [0, 0.1) is 12.3 Å². The van der Waals surface area contributed by atoms with Gasteiger partial charge in [0.15, 0.2) is 5.78 Å². The molecule has 4 rings (SSSR count). The molecule has 2 aromatic rings. The lowest BCUT2D eigenvalue weighted by Gasteiger charge is -2.37. The number of fused-ring (bicyclic) bond motifs is 1. The zero-order chi connectivity index (χ0) is 23.0. The number of carbonyl (C=O) groups excluding carboxylic acids is 2. The van der Waals surface area contributed by atoms with Crippen LogP contribution in [0.5, 0.6) is 0 Å². The van der Waals surface area contributed by atoms with Gasteiger partial charge in [0, 0.05) is 42.4 Å². The van der Waals surface area contributed by atoms with Crippen molar-refractivity contribution >= 4 is 23.1 Å². The number of carbonyl (C=O) groups is 2. The molecular formula is C26H34N4O2. The van der Waals surface area contributed by atoms with Crippen LogP contribution in [0.3, 0.4) is 0 Å². The van der Waals surface area contributed by atoms with Crippen LogP contribution in [0.15, 0.2) is 41.7 Å². The molecule has 1 aromatic heterocycles. The Morgan fingerprint density at radius 3 is 2.66 bits per heavy atom. The lowest BCUT2D eigenvalue weighted by atomic mass is 9.73. The third-order valence-electron chi connectivity index (χ3n) is 6.73. The van der Waals surface area contributed by atoms with E-state index in [0.29, 0.717) is 18.4 Å². The van der Waals surface area contributed by atoms with Crippen LogP contribution in [0.1, 0.15) is 76.6 Å². The first-order valence-corrected chi connectivity index (χ1v) is 11.7. The summed E-state index contributed by atoms with van der Waals surface area (Å²) < 4.78 is 1.82. The Kier molecular flexibility index (Phi) is 5.97. The van der Waals surface area contributed by atoms with E-state index in [2.05, 4.69) is 31.2 Å². The lowest BCUT2D eigenvalue weighted by molar-refractivity contribution is -0.119. The van der Waals surface area contributed by atoms with Gasteiger partial charge in [0.2, 0.25) is 5.91 Å². The van der Waals surface area contributed by atoms with Gasteiger partial charge >= 0.3 is 0 Å². The van der Waals surface area contributed by atoms with Crippen LogP contribution < -0.4 is 10.2 Å². The second kappa shape index (κ2) is 8.57. The maximum absolute atomic E-state index is 13.7. The standard InChI is InChI=1S/C26H34N4O2/c1-6-7-8-13-23(32)30-21-12-10-9-11-19(21)28-20-14-26(3,4)15-22(31)24(20)25(30)18-16-27-29(5)17(18)2/h9-12,16,25,28H,6-8,13-15H2,1-5H3/t25-/m0/s1. The van der Waals surface area contributed by atoms with E-state index in [1.807, 2.05) is 54.0 Å². The highest BCUT2D eigenvalue weighted by Gasteiger charge is 2.43. The number of nitrogens with zero attached hydrogens (tertiary/aromatic N) is 3. The van der Waals surface area contributed by atoms with Gasteiger partial charge in [0.05, 0.1) is 23.6 Å². The Morgan fingerprint density at radius 2 is 1.97 bits per heavy atom. The number of rotatable bonds is 5. The zero-order valence-corrected chi connectivity index (χ0v) is 19.9. The number of aryl methyl sites for hydroxylation is 1. The van der Waals surface area contributed by atoms with Crippen molar-refractivity contribution in [3.8, 4) is 0 Å². The second-order valence-corrected chi connectivity index (χ2v) is 9.91. The maximum atomic E-state index is 13.7. The molecule has 0 bridgehead atoms. The SMILES string of the molecule is CCCCCC(=O)N1c2ccccc2NC2=C(C(=O)CC(C)(C)C2)[C@@H]1c1cnn(C)c1C. The van der Waals surface area contributed by atoms with E-state index in [9.17, 15) is 9.59 Å². The summed E-state index contributed by atoms with van der Waals surface area (Å²) in [6, 6.07) is 7.42. The molecule has 32 heavy (non-hydrogen) atoms. The fraction of sp³-hybridized carbons (Fsp3) is 0.500. The van der Waals surface area contributed by atoms with Crippen molar-refractivity contribution in [1.82, 2.24) is 9.78 Å². The van der Waals surface area contributed by atoms with Crippen LogP contribution in [0.25, 0.3) is 0 Å². The Morgan fingerprint density at radius 1 is 1.22 bits per heavy atom. The second-order valence-electron chi connectivity index (χ2n) is 9.91. The van der Waals surface area contributed by atoms with Crippen molar-refractivity contribution < 1.29 is 9.59 Å². The zero-order valence-electron chi connectivity index (χ0n) is 19.9. The molecule has 1 amide bonds. The van der Waals surface area contributed by atoms with E-state index in [4.69, 9.17) is 0 Å². The highest BCUT2D eigenvalue weighted by Crippen LogP contribution is 2.48. The number of nitrogens with one attached hydrogen (secondary N) is 1. The van der Waals surface area contributed by atoms with Gasteiger partial charge < -0.3 is 5.32 Å². The van der Waals surface area contributed by atoms with E-state index < -0.39 is 6.04 Å². The molecule has 1 N–H and O–H groups in total. The van der Waals surface area contributed by atoms with Crippen molar-refractivity contribution in [2.75, 3.05) is 10.2 Å². The summed E-state index contributed by atoms with van der Waals surface area (Å²) >= 11 is 0. The minimum atomic E-state index is -0.479. The minimum Gasteiger partial charge on any atom is -0.357 e. The fourth-order valence-electron chi connectivity index (χ4n) is 4.99. The summed E-state index contributed by atoms with van der Waals surface area (Å²) in [6.07, 6.45) is 6.41. The molecule has 2 heterocycles. The molecule has 2 aliphatic rings. The first-order chi connectivity index (χ1) is 15.2. The topological polar surface area (TPSA) is 67.2 Å². The number of amides is 1. The van der Waals surface area contributed by atoms with Crippen LogP contribution in [-0.4, -0.2) is 21.5 Å². The van der Waals surface area contributed by atoms with Gasteiger partial charge in [-0.15, -0.1) is 0 Å². The third kappa shape index (κ3) is 3.98. The molecule has 6 heteroatoms. The molecule has 0 saturated heterocycles. The number of anilines is 2. The number of benzene rings is 1. The molecular weight excluding hydrogens is 400 g/mol. The average Bonchev–Trinajstić information content (AvgIpc) is 2.97. The first-order valence-electron chi connectivity index (χ1n) is 11.7. The average molecular weight is 435 g/mol. The number of hydrogen-bond acceptors (Lipinski definition) is 4. The number of unbranched alkanes of at least 4 members (excludes halogenated alkanes) is 2. The van der Waals surface area contributed by atoms with E-state index in [1.54, 1.807) is 0 Å². The van der Waals surface area contributed by atoms with Gasteiger partial charge in [0.1, 0.15) is 0 Å². The Bertz CT molecular complexity index is 1080. The number of Topliss-reactive ketones (excluding diaryl/α,β-unsaturated/α-hetero) is 1. The van der Waals surface area contributed by atoms with Gasteiger partial charge in [-0.1, -0.05) is 45.7 Å². The van der Waals surface area contributed by atoms with Crippen molar-refractivity contribution in [3.05, 3.63) is 53.0 Å². The van der Waals surface area contributed by atoms with E-state index >= 15 is 0 Å². The molecule has 1 aliphatic heterocycles. The van der Waals surface area contributed by atoms with Gasteiger partial charge in [-0.05, 0) is 37.3 Å². The van der Waals surface area contributed by atoms with Crippen molar-refractivity contribution in [2.45, 2.75) is 72.3 Å². The molecule has 170 valence electrons. The summed E-state index contributed by atoms with van der Waals surface area (Å²) in [5.41, 5.74) is 5.07. The van der Waals surface area contributed by atoms with Crippen molar-refractivity contribution in [1.29, 1.82) is 0 Å². The Labute approximate surface area is 190 Å². The van der Waals surface area contributed by atoms with Gasteiger partial charge in [-0.25, -0.2) is 0 Å². The molecule has 6 nitrogen and oxygen atoms in total. The number of allylic oxidation sites excluding steroid dienone is 1. The molecule has 0 saturated carbocycles. The van der Waals surface area contributed by atoms with E-state index in [-0.39, 0.29) is 17.1 Å². The number of hydrogen-bond donors (Lipinski definition) is 1. The monoisotopic (exact) mass is 434 g/mol. The molecule has 0 unspecified atom stereocenters. The van der Waals surface area contributed by atoms with Crippen molar-refractivity contribution in [3.63, 3.8) is 0 Å². The Hall–Kier alpha value is -2.89. The molecule has 0 spiro atoms. The predicted octanol–water partition coefficient (Wildman–Crippen LogP) is 5.45. The first kappa shape index (κ1) is 22.3. The van der Waals surface area contributed by atoms with Gasteiger partial charge in [-0.3, -0.25) is 19.2 Å². The number of aromatic nitrogens is 2. The quantitative estimate of drug-likeness (QED) is 0.635. The fourth-order valence-corrected chi connectivity index (χ4v) is 4.99. The summed E-state index contributed by atoms with van der Waals surface area (Å²) in [5, 5.41) is 8.03.